The van der Waals surface area contributed by atoms with E-state index in [9.17, 15) is 4.79 Å². The van der Waals surface area contributed by atoms with Crippen LogP contribution >= 0.6 is 11.9 Å². The van der Waals surface area contributed by atoms with E-state index in [1.807, 2.05) is 42.1 Å². The molecule has 1 fully saturated rings. The van der Waals surface area contributed by atoms with Gasteiger partial charge >= 0.3 is 0 Å². The first-order valence-electron chi connectivity index (χ1n) is 11.0. The monoisotopic (exact) mass is 483 g/mol. The molecule has 2 aromatic heterocycles. The van der Waals surface area contributed by atoms with E-state index in [2.05, 4.69) is 31.8 Å². The summed E-state index contributed by atoms with van der Waals surface area (Å²) in [4.78, 5) is 22.8. The summed E-state index contributed by atoms with van der Waals surface area (Å²) in [5.74, 6) is 3.26. The zero-order valence-corrected chi connectivity index (χ0v) is 20.8. The predicted molar refractivity (Wildman–Crippen MR) is 130 cm³/mol. The number of anilines is 1. The van der Waals surface area contributed by atoms with Gasteiger partial charge in [0.1, 0.15) is 23.0 Å². The highest BCUT2D eigenvalue weighted by Gasteiger charge is 2.35. The number of ether oxygens (including phenoxy) is 2. The van der Waals surface area contributed by atoms with Crippen molar-refractivity contribution in [2.75, 3.05) is 26.0 Å². The van der Waals surface area contributed by atoms with Crippen molar-refractivity contribution < 1.29 is 14.3 Å². The lowest BCUT2D eigenvalue weighted by atomic mass is 10.2. The number of methoxy groups -OCH3 is 2. The molecule has 180 valence electrons. The van der Waals surface area contributed by atoms with Crippen molar-refractivity contribution in [2.45, 2.75) is 44.4 Å². The number of benzene rings is 1. The second-order valence-electron chi connectivity index (χ2n) is 8.20. The van der Waals surface area contributed by atoms with Crippen molar-refractivity contribution >= 4 is 23.8 Å². The average molecular weight is 484 g/mol. The fourth-order valence-corrected chi connectivity index (χ4v) is 4.60. The summed E-state index contributed by atoms with van der Waals surface area (Å²) in [7, 11) is 5.02. The maximum Gasteiger partial charge on any atom is 0.239 e. The number of carbonyl (C=O) groups is 1. The molecule has 0 spiro atoms. The van der Waals surface area contributed by atoms with Crippen LogP contribution in [0.25, 0.3) is 5.69 Å². The Bertz CT molecular complexity index is 1130. The Balaban J connectivity index is 1.67. The minimum Gasteiger partial charge on any atom is -0.494 e. The number of likely N-dealkylation sites (tertiary alicyclic amines) is 1. The highest BCUT2D eigenvalue weighted by molar-refractivity contribution is 8.01. The quantitative estimate of drug-likeness (QED) is 0.458. The van der Waals surface area contributed by atoms with Crippen LogP contribution in [0.1, 0.15) is 43.0 Å². The van der Waals surface area contributed by atoms with E-state index in [0.717, 1.165) is 11.4 Å². The molecule has 3 heterocycles. The van der Waals surface area contributed by atoms with Crippen LogP contribution in [0.5, 0.6) is 11.5 Å². The normalized spacial score (nSPS) is 16.6. The number of nitrogens with one attached hydrogen (secondary N) is 1. The van der Waals surface area contributed by atoms with Gasteiger partial charge in [-0.25, -0.2) is 9.97 Å². The number of para-hydroxylation sites is 1. The first-order chi connectivity index (χ1) is 16.4. The van der Waals surface area contributed by atoms with Crippen LogP contribution in [0.2, 0.25) is 0 Å². The number of aryl methyl sites for hydroxylation is 1. The Labute approximate surface area is 203 Å². The molecule has 1 aliphatic rings. The van der Waals surface area contributed by atoms with Gasteiger partial charge in [0.15, 0.2) is 5.82 Å². The second kappa shape index (κ2) is 10.3. The molecule has 0 radical (unpaired) electrons. The number of carbonyl (C=O) groups excluding carboxylic acids is 1. The Morgan fingerprint density at radius 2 is 1.85 bits per heavy atom. The van der Waals surface area contributed by atoms with Gasteiger partial charge in [-0.3, -0.25) is 14.1 Å². The van der Waals surface area contributed by atoms with Crippen molar-refractivity contribution in [3.05, 3.63) is 47.8 Å². The maximum absolute atomic E-state index is 12.3. The lowest BCUT2D eigenvalue weighted by Gasteiger charge is -2.23. The zero-order valence-electron chi connectivity index (χ0n) is 20.0. The number of rotatable bonds is 9. The molecule has 11 heteroatoms. The summed E-state index contributed by atoms with van der Waals surface area (Å²) in [6, 6.07) is 5.38. The van der Waals surface area contributed by atoms with E-state index in [1.54, 1.807) is 26.2 Å². The van der Waals surface area contributed by atoms with Crippen molar-refractivity contribution in [1.29, 1.82) is 0 Å². The molecule has 2 unspecified atom stereocenters. The highest BCUT2D eigenvalue weighted by atomic mass is 32.2. The Hall–Kier alpha value is -3.34. The summed E-state index contributed by atoms with van der Waals surface area (Å²) >= 11 is 1.51. The second-order valence-corrected chi connectivity index (χ2v) is 9.44. The van der Waals surface area contributed by atoms with Gasteiger partial charge in [-0.1, -0.05) is 13.0 Å². The van der Waals surface area contributed by atoms with Gasteiger partial charge in [-0.15, -0.1) is 10.2 Å². The number of amides is 1. The first kappa shape index (κ1) is 23.8. The van der Waals surface area contributed by atoms with Gasteiger partial charge in [-0.05, 0) is 43.0 Å². The molecule has 1 aromatic carbocycles. The third kappa shape index (κ3) is 4.79. The summed E-state index contributed by atoms with van der Waals surface area (Å²) in [5.41, 5.74) is 1.71. The van der Waals surface area contributed by atoms with E-state index in [-0.39, 0.29) is 17.2 Å². The number of hydrogen-bond acceptors (Lipinski definition) is 9. The van der Waals surface area contributed by atoms with Crippen LogP contribution in [0, 0.1) is 6.92 Å². The molecule has 4 rings (SSSR count). The number of hydrogen-bond donors (Lipinski definition) is 1. The van der Waals surface area contributed by atoms with Crippen molar-refractivity contribution in [2.24, 2.45) is 0 Å². The van der Waals surface area contributed by atoms with Gasteiger partial charge in [0.25, 0.3) is 0 Å². The van der Waals surface area contributed by atoms with Crippen molar-refractivity contribution in [3.63, 3.8) is 0 Å². The Morgan fingerprint density at radius 3 is 2.44 bits per heavy atom. The molecule has 1 amide bonds. The van der Waals surface area contributed by atoms with Gasteiger partial charge < -0.3 is 14.4 Å². The fourth-order valence-electron chi connectivity index (χ4n) is 3.93. The molecule has 10 nitrogen and oxygen atoms in total. The summed E-state index contributed by atoms with van der Waals surface area (Å²) in [6.07, 6.45) is 5.48. The molecular formula is C23H29N7O3S. The highest BCUT2D eigenvalue weighted by Crippen LogP contribution is 2.40. The topological polar surface area (TPSA) is 107 Å². The summed E-state index contributed by atoms with van der Waals surface area (Å²) < 4.78 is 16.6. The Morgan fingerprint density at radius 1 is 1.18 bits per heavy atom. The van der Waals surface area contributed by atoms with E-state index in [4.69, 9.17) is 9.47 Å². The maximum atomic E-state index is 12.3. The molecule has 34 heavy (non-hydrogen) atoms. The van der Waals surface area contributed by atoms with Crippen LogP contribution in [-0.4, -0.2) is 62.1 Å². The third-order valence-electron chi connectivity index (χ3n) is 5.76. The van der Waals surface area contributed by atoms with Crippen LogP contribution in [0.4, 0.5) is 5.95 Å². The molecule has 0 aliphatic carbocycles. The molecule has 1 aliphatic heterocycles. The predicted octanol–water partition coefficient (Wildman–Crippen LogP) is 3.37. The average Bonchev–Trinajstić information content (AvgIpc) is 3.40. The van der Waals surface area contributed by atoms with Gasteiger partial charge in [-0.2, -0.15) is 0 Å². The molecule has 2 atom stereocenters. The largest absolute Gasteiger partial charge is 0.494 e. The zero-order chi connectivity index (χ0) is 24.2. The fraction of sp³-hybridized carbons (Fsp3) is 0.435. The van der Waals surface area contributed by atoms with Crippen molar-refractivity contribution in [3.8, 4) is 17.2 Å². The summed E-state index contributed by atoms with van der Waals surface area (Å²) in [5, 5.41) is 9.09. The van der Waals surface area contributed by atoms with Crippen LogP contribution in [0.15, 0.2) is 30.6 Å². The smallest absolute Gasteiger partial charge is 0.239 e. The third-order valence-corrected chi connectivity index (χ3v) is 6.63. The van der Waals surface area contributed by atoms with Gasteiger partial charge in [0.2, 0.25) is 11.9 Å². The van der Waals surface area contributed by atoms with Crippen LogP contribution < -0.4 is 14.2 Å². The Kier molecular flexibility index (Phi) is 7.20. The summed E-state index contributed by atoms with van der Waals surface area (Å²) in [6.45, 7) is 4.06. The molecule has 1 saturated heterocycles. The lowest BCUT2D eigenvalue weighted by Crippen LogP contribution is -2.25. The van der Waals surface area contributed by atoms with Crippen LogP contribution in [-0.2, 0) is 11.2 Å². The molecule has 3 aromatic rings. The van der Waals surface area contributed by atoms with E-state index in [1.165, 1.54) is 11.9 Å². The van der Waals surface area contributed by atoms with Gasteiger partial charge in [0, 0.05) is 37.5 Å². The number of nitrogens with zero attached hydrogens (tertiary/aromatic N) is 6. The molecule has 1 N–H and O–H groups in total. The first-order valence-corrected chi connectivity index (χ1v) is 11.9. The molecule has 0 bridgehead atoms. The van der Waals surface area contributed by atoms with Crippen LogP contribution in [0.3, 0.4) is 0 Å². The minimum absolute atomic E-state index is 0.0853. The van der Waals surface area contributed by atoms with E-state index < -0.39 is 0 Å². The minimum atomic E-state index is -0.200. The van der Waals surface area contributed by atoms with Crippen molar-refractivity contribution in [1.82, 2.24) is 29.6 Å². The van der Waals surface area contributed by atoms with E-state index >= 15 is 0 Å². The molecular weight excluding hydrogens is 454 g/mol. The lowest BCUT2D eigenvalue weighted by molar-refractivity contribution is -0.127. The SMILES string of the molecule is COc1cccc(OC)c1-n1c(NSC(C)Cc2ncc(C)cn2)nnc1C1CCC(=O)N1C. The standard InChI is InChI=1S/C23H29N7O3S/c1-14-12-24-19(25-13-14)11-15(2)34-28-23-27-26-22(16-9-10-20(31)29(16)3)30(23)21-17(32-4)7-6-8-18(21)33-5/h6-8,12-13,15-16H,9-11H2,1-5H3,(H,27,28). The van der Waals surface area contributed by atoms with E-state index in [0.29, 0.717) is 48.2 Å². The molecule has 0 saturated carbocycles. The number of aromatic nitrogens is 5. The van der Waals surface area contributed by atoms with Gasteiger partial charge in [0.05, 0.1) is 20.3 Å².